The second-order valence-electron chi connectivity index (χ2n) is 5.56. The van der Waals surface area contributed by atoms with Crippen molar-refractivity contribution in [2.24, 2.45) is 0 Å². The monoisotopic (exact) mass is 313 g/mol. The van der Waals surface area contributed by atoms with Gasteiger partial charge in [-0.15, -0.1) is 0 Å². The Hall–Kier alpha value is -2.47. The Morgan fingerprint density at radius 1 is 1.26 bits per heavy atom. The van der Waals surface area contributed by atoms with E-state index in [-0.39, 0.29) is 5.91 Å². The molecule has 6 nitrogen and oxygen atoms in total. The first-order chi connectivity index (χ1) is 11.1. The first kappa shape index (κ1) is 16.9. The second-order valence-corrected chi connectivity index (χ2v) is 5.56. The maximum absolute atomic E-state index is 12.2. The van der Waals surface area contributed by atoms with Crippen LogP contribution in [0.1, 0.15) is 22.3 Å². The molecule has 0 fully saturated rings. The van der Waals surface area contributed by atoms with Gasteiger partial charge in [0.1, 0.15) is 5.82 Å². The molecule has 0 aromatic carbocycles. The van der Waals surface area contributed by atoms with Crippen LogP contribution in [0.15, 0.2) is 42.9 Å². The summed E-state index contributed by atoms with van der Waals surface area (Å²) < 4.78 is 0. The van der Waals surface area contributed by atoms with Crippen molar-refractivity contribution in [1.29, 1.82) is 0 Å². The van der Waals surface area contributed by atoms with Gasteiger partial charge < -0.3 is 15.5 Å². The molecule has 0 saturated heterocycles. The normalized spacial score (nSPS) is 10.6. The lowest BCUT2D eigenvalue weighted by molar-refractivity contribution is 0.0951. The van der Waals surface area contributed by atoms with E-state index in [1.54, 1.807) is 30.7 Å². The standard InChI is InChI=1S/C17H23N5O/c1-22(2)10-4-8-19-16-11-15(6-9-20-16)17(23)21-13-14-5-3-7-18-12-14/h3,5-7,9,11-12H,4,8,10,13H2,1-2H3,(H,19,20)(H,21,23). The SMILES string of the molecule is CN(C)CCCNc1cc(C(=O)NCc2cccnc2)ccn1. The van der Waals surface area contributed by atoms with Crippen LogP contribution in [0.2, 0.25) is 0 Å². The van der Waals surface area contributed by atoms with Crippen LogP contribution in [0.3, 0.4) is 0 Å². The van der Waals surface area contributed by atoms with Crippen molar-refractivity contribution in [2.75, 3.05) is 32.5 Å². The van der Waals surface area contributed by atoms with Crippen molar-refractivity contribution in [3.63, 3.8) is 0 Å². The van der Waals surface area contributed by atoms with Crippen LogP contribution in [0.4, 0.5) is 5.82 Å². The number of carbonyl (C=O) groups excluding carboxylic acids is 1. The van der Waals surface area contributed by atoms with Crippen molar-refractivity contribution in [1.82, 2.24) is 20.2 Å². The van der Waals surface area contributed by atoms with Crippen LogP contribution in [-0.4, -0.2) is 48.0 Å². The summed E-state index contributed by atoms with van der Waals surface area (Å²) in [6.45, 7) is 2.30. The van der Waals surface area contributed by atoms with Crippen LogP contribution in [0.5, 0.6) is 0 Å². The van der Waals surface area contributed by atoms with E-state index in [9.17, 15) is 4.79 Å². The minimum absolute atomic E-state index is 0.118. The third-order valence-corrected chi connectivity index (χ3v) is 3.29. The average Bonchev–Trinajstić information content (AvgIpc) is 2.57. The Kier molecular flexibility index (Phi) is 6.50. The molecule has 0 aliphatic rings. The lowest BCUT2D eigenvalue weighted by Gasteiger charge is -2.11. The quantitative estimate of drug-likeness (QED) is 0.727. The van der Waals surface area contributed by atoms with Gasteiger partial charge in [0, 0.05) is 37.2 Å². The highest BCUT2D eigenvalue weighted by atomic mass is 16.1. The highest BCUT2D eigenvalue weighted by molar-refractivity contribution is 5.94. The number of pyridine rings is 2. The molecule has 122 valence electrons. The Balaban J connectivity index is 1.84. The van der Waals surface area contributed by atoms with Crippen LogP contribution in [-0.2, 0) is 6.54 Å². The zero-order valence-corrected chi connectivity index (χ0v) is 13.6. The van der Waals surface area contributed by atoms with Gasteiger partial charge in [-0.1, -0.05) is 6.07 Å². The fourth-order valence-electron chi connectivity index (χ4n) is 2.07. The molecule has 6 heteroatoms. The van der Waals surface area contributed by atoms with Gasteiger partial charge in [-0.2, -0.15) is 0 Å². The predicted octanol–water partition coefficient (Wildman–Crippen LogP) is 1.77. The van der Waals surface area contributed by atoms with Crippen molar-refractivity contribution in [2.45, 2.75) is 13.0 Å². The largest absolute Gasteiger partial charge is 0.370 e. The van der Waals surface area contributed by atoms with Crippen LogP contribution >= 0.6 is 0 Å². The van der Waals surface area contributed by atoms with E-state index in [1.807, 2.05) is 26.2 Å². The first-order valence-corrected chi connectivity index (χ1v) is 7.67. The zero-order valence-electron chi connectivity index (χ0n) is 13.6. The number of nitrogens with one attached hydrogen (secondary N) is 2. The molecule has 2 aromatic heterocycles. The molecule has 2 rings (SSSR count). The summed E-state index contributed by atoms with van der Waals surface area (Å²) in [4.78, 5) is 22.6. The number of aromatic nitrogens is 2. The third-order valence-electron chi connectivity index (χ3n) is 3.29. The van der Waals surface area contributed by atoms with E-state index < -0.39 is 0 Å². The van der Waals surface area contributed by atoms with E-state index >= 15 is 0 Å². The molecule has 1 amide bonds. The van der Waals surface area contributed by atoms with Crippen molar-refractivity contribution < 1.29 is 4.79 Å². The fourth-order valence-corrected chi connectivity index (χ4v) is 2.07. The molecule has 2 aromatic rings. The molecule has 0 spiro atoms. The van der Waals surface area contributed by atoms with Gasteiger partial charge >= 0.3 is 0 Å². The number of nitrogens with zero attached hydrogens (tertiary/aromatic N) is 3. The van der Waals surface area contributed by atoms with Gasteiger partial charge in [-0.25, -0.2) is 4.98 Å². The summed E-state index contributed by atoms with van der Waals surface area (Å²) in [5, 5.41) is 6.12. The Morgan fingerprint density at radius 3 is 2.87 bits per heavy atom. The van der Waals surface area contributed by atoms with Crippen molar-refractivity contribution >= 4 is 11.7 Å². The van der Waals surface area contributed by atoms with Gasteiger partial charge in [0.15, 0.2) is 0 Å². The minimum atomic E-state index is -0.118. The molecule has 0 aliphatic heterocycles. The average molecular weight is 313 g/mol. The Morgan fingerprint density at radius 2 is 2.13 bits per heavy atom. The van der Waals surface area contributed by atoms with Gasteiger partial charge in [0.2, 0.25) is 0 Å². The summed E-state index contributed by atoms with van der Waals surface area (Å²) >= 11 is 0. The minimum Gasteiger partial charge on any atom is -0.370 e. The van der Waals surface area contributed by atoms with Gasteiger partial charge in [-0.3, -0.25) is 9.78 Å². The van der Waals surface area contributed by atoms with E-state index in [0.717, 1.165) is 30.9 Å². The summed E-state index contributed by atoms with van der Waals surface area (Å²) in [7, 11) is 4.09. The molecule has 2 N–H and O–H groups in total. The number of hydrogen-bond donors (Lipinski definition) is 2. The second kappa shape index (κ2) is 8.85. The molecule has 0 radical (unpaired) electrons. The summed E-state index contributed by atoms with van der Waals surface area (Å²) in [5.41, 5.74) is 1.57. The molecule has 2 heterocycles. The molecule has 0 unspecified atom stereocenters. The number of rotatable bonds is 8. The zero-order chi connectivity index (χ0) is 16.5. The molecular weight excluding hydrogens is 290 g/mol. The maximum Gasteiger partial charge on any atom is 0.251 e. The smallest absolute Gasteiger partial charge is 0.251 e. The van der Waals surface area contributed by atoms with Crippen LogP contribution < -0.4 is 10.6 Å². The highest BCUT2D eigenvalue weighted by Crippen LogP contribution is 2.07. The molecule has 23 heavy (non-hydrogen) atoms. The van der Waals surface area contributed by atoms with Gasteiger partial charge in [0.05, 0.1) is 0 Å². The fraction of sp³-hybridized carbons (Fsp3) is 0.353. The number of hydrogen-bond acceptors (Lipinski definition) is 5. The van der Waals surface area contributed by atoms with E-state index in [4.69, 9.17) is 0 Å². The summed E-state index contributed by atoms with van der Waals surface area (Å²) in [6.07, 6.45) is 6.12. The predicted molar refractivity (Wildman–Crippen MR) is 91.3 cm³/mol. The molecule has 0 bridgehead atoms. The van der Waals surface area contributed by atoms with Crippen molar-refractivity contribution in [3.8, 4) is 0 Å². The highest BCUT2D eigenvalue weighted by Gasteiger charge is 2.06. The van der Waals surface area contributed by atoms with Crippen LogP contribution in [0.25, 0.3) is 0 Å². The van der Waals surface area contributed by atoms with E-state index in [1.165, 1.54) is 0 Å². The summed E-state index contributed by atoms with van der Waals surface area (Å²) in [5.74, 6) is 0.602. The first-order valence-electron chi connectivity index (χ1n) is 7.67. The van der Waals surface area contributed by atoms with Gasteiger partial charge in [-0.05, 0) is 50.8 Å². The molecular formula is C17H23N5O. The summed E-state index contributed by atoms with van der Waals surface area (Å²) in [6, 6.07) is 7.26. The Bertz CT molecular complexity index is 615. The third kappa shape index (κ3) is 6.04. The molecule has 0 saturated carbocycles. The van der Waals surface area contributed by atoms with E-state index in [2.05, 4.69) is 25.5 Å². The lowest BCUT2D eigenvalue weighted by Crippen LogP contribution is -2.23. The molecule has 0 atom stereocenters. The molecule has 0 aliphatic carbocycles. The topological polar surface area (TPSA) is 70.2 Å². The maximum atomic E-state index is 12.2. The number of anilines is 1. The van der Waals surface area contributed by atoms with Gasteiger partial charge in [0.25, 0.3) is 5.91 Å². The number of carbonyl (C=O) groups is 1. The van der Waals surface area contributed by atoms with E-state index in [0.29, 0.717) is 12.1 Å². The lowest BCUT2D eigenvalue weighted by atomic mass is 10.2. The Labute approximate surface area is 137 Å². The number of amides is 1. The van der Waals surface area contributed by atoms with Crippen molar-refractivity contribution in [3.05, 3.63) is 54.0 Å². The van der Waals surface area contributed by atoms with Crippen LogP contribution in [0, 0.1) is 0 Å².